The Labute approximate surface area is 134 Å². The lowest BCUT2D eigenvalue weighted by atomic mass is 10.1. The van der Waals surface area contributed by atoms with Gasteiger partial charge in [0.25, 0.3) is 0 Å². The van der Waals surface area contributed by atoms with Gasteiger partial charge in [-0.2, -0.15) is 0 Å². The van der Waals surface area contributed by atoms with Crippen LogP contribution in [0.1, 0.15) is 18.6 Å². The molecule has 0 aromatic carbocycles. The number of carbonyl (C=O) groups is 2. The lowest BCUT2D eigenvalue weighted by Crippen LogP contribution is -2.47. The number of likely N-dealkylation sites (tertiary alicyclic amines) is 1. The Bertz CT molecular complexity index is 520. The molecule has 1 aliphatic heterocycles. The molecule has 2 rings (SSSR count). The minimum atomic E-state index is -0.183. The Morgan fingerprint density at radius 1 is 1.50 bits per heavy atom. The molecule has 22 heavy (non-hydrogen) atoms. The third-order valence-electron chi connectivity index (χ3n) is 3.54. The molecule has 0 radical (unpaired) electrons. The summed E-state index contributed by atoms with van der Waals surface area (Å²) >= 11 is 1.32. The van der Waals surface area contributed by atoms with Crippen LogP contribution < -0.4 is 10.6 Å². The van der Waals surface area contributed by atoms with Crippen LogP contribution in [0.4, 0.5) is 5.82 Å². The Morgan fingerprint density at radius 2 is 2.32 bits per heavy atom. The second-order valence-electron chi connectivity index (χ2n) is 5.33. The fourth-order valence-corrected chi connectivity index (χ4v) is 3.08. The number of amides is 2. The minimum absolute atomic E-state index is 0.0926. The molecule has 0 aliphatic carbocycles. The molecule has 1 aliphatic rings. The summed E-state index contributed by atoms with van der Waals surface area (Å²) in [6.07, 6.45) is 2.13. The first-order chi connectivity index (χ1) is 10.6. The van der Waals surface area contributed by atoms with Crippen molar-refractivity contribution in [3.05, 3.63) is 11.8 Å². The van der Waals surface area contributed by atoms with Crippen LogP contribution in [0.15, 0.2) is 10.6 Å². The number of nitrogens with zero attached hydrogens (tertiary/aromatic N) is 2. The highest BCUT2D eigenvalue weighted by molar-refractivity contribution is 8.00. The fourth-order valence-electron chi connectivity index (χ4n) is 2.37. The van der Waals surface area contributed by atoms with Gasteiger partial charge in [-0.25, -0.2) is 0 Å². The smallest absolute Gasteiger partial charge is 0.235 e. The first-order valence-electron chi connectivity index (χ1n) is 7.34. The van der Waals surface area contributed by atoms with E-state index < -0.39 is 0 Å². The summed E-state index contributed by atoms with van der Waals surface area (Å²) in [5.74, 6) is 1.50. The van der Waals surface area contributed by atoms with E-state index in [-0.39, 0.29) is 17.6 Å². The lowest BCUT2D eigenvalue weighted by molar-refractivity contribution is -0.129. The van der Waals surface area contributed by atoms with Crippen molar-refractivity contribution in [3.63, 3.8) is 0 Å². The summed E-state index contributed by atoms with van der Waals surface area (Å²) < 4.78 is 4.87. The topological polar surface area (TPSA) is 87.5 Å². The van der Waals surface area contributed by atoms with Crippen LogP contribution >= 0.6 is 11.8 Å². The monoisotopic (exact) mass is 326 g/mol. The van der Waals surface area contributed by atoms with E-state index in [2.05, 4.69) is 15.8 Å². The first-order valence-corrected chi connectivity index (χ1v) is 8.50. The van der Waals surface area contributed by atoms with E-state index in [1.54, 1.807) is 13.0 Å². The summed E-state index contributed by atoms with van der Waals surface area (Å²) in [5.41, 5.74) is 0. The number of hydrogen-bond acceptors (Lipinski definition) is 6. The SMILES string of the molecule is CNC1CCCN(C(=O)CSCC(=O)Nc2cc(C)on2)C1. The van der Waals surface area contributed by atoms with Crippen LogP contribution in [0.5, 0.6) is 0 Å². The van der Waals surface area contributed by atoms with Gasteiger partial charge in [-0.05, 0) is 26.8 Å². The zero-order valence-electron chi connectivity index (χ0n) is 12.9. The van der Waals surface area contributed by atoms with Gasteiger partial charge in [-0.3, -0.25) is 9.59 Å². The summed E-state index contributed by atoms with van der Waals surface area (Å²) in [4.78, 5) is 25.7. The van der Waals surface area contributed by atoms with Gasteiger partial charge in [0.2, 0.25) is 11.8 Å². The normalized spacial score (nSPS) is 18.3. The zero-order valence-corrected chi connectivity index (χ0v) is 13.7. The second kappa shape index (κ2) is 8.19. The Morgan fingerprint density at radius 3 is 3.00 bits per heavy atom. The molecule has 1 fully saturated rings. The number of nitrogens with one attached hydrogen (secondary N) is 2. The van der Waals surface area contributed by atoms with Crippen molar-refractivity contribution in [1.82, 2.24) is 15.4 Å². The van der Waals surface area contributed by atoms with Crippen molar-refractivity contribution in [2.45, 2.75) is 25.8 Å². The van der Waals surface area contributed by atoms with Crippen molar-refractivity contribution in [1.29, 1.82) is 0 Å². The lowest BCUT2D eigenvalue weighted by Gasteiger charge is -2.32. The maximum absolute atomic E-state index is 12.1. The fraction of sp³-hybridized carbons (Fsp3) is 0.643. The molecular weight excluding hydrogens is 304 g/mol. The van der Waals surface area contributed by atoms with Gasteiger partial charge >= 0.3 is 0 Å². The second-order valence-corrected chi connectivity index (χ2v) is 6.32. The number of piperidine rings is 1. The van der Waals surface area contributed by atoms with Gasteiger partial charge in [0.05, 0.1) is 11.5 Å². The number of hydrogen-bond donors (Lipinski definition) is 2. The van der Waals surface area contributed by atoms with E-state index in [1.807, 2.05) is 11.9 Å². The van der Waals surface area contributed by atoms with Crippen LogP contribution in [0.2, 0.25) is 0 Å². The molecule has 7 nitrogen and oxygen atoms in total. The molecule has 2 heterocycles. The molecule has 2 N–H and O–H groups in total. The van der Waals surface area contributed by atoms with E-state index in [4.69, 9.17) is 4.52 Å². The number of anilines is 1. The van der Waals surface area contributed by atoms with Crippen LogP contribution in [-0.2, 0) is 9.59 Å². The molecule has 1 aromatic heterocycles. The van der Waals surface area contributed by atoms with E-state index in [0.29, 0.717) is 23.4 Å². The van der Waals surface area contributed by atoms with Gasteiger partial charge in [0, 0.05) is 25.2 Å². The third kappa shape index (κ3) is 5.03. The van der Waals surface area contributed by atoms with Crippen molar-refractivity contribution in [2.24, 2.45) is 0 Å². The molecule has 0 saturated carbocycles. The molecule has 8 heteroatoms. The van der Waals surface area contributed by atoms with Gasteiger partial charge in [-0.15, -0.1) is 11.8 Å². The van der Waals surface area contributed by atoms with E-state index in [1.165, 1.54) is 11.8 Å². The highest BCUT2D eigenvalue weighted by atomic mass is 32.2. The van der Waals surface area contributed by atoms with Crippen LogP contribution in [-0.4, -0.2) is 59.6 Å². The number of aryl methyl sites for hydroxylation is 1. The number of carbonyl (C=O) groups excluding carboxylic acids is 2. The van der Waals surface area contributed by atoms with Crippen molar-refractivity contribution in [2.75, 3.05) is 37.0 Å². The molecule has 2 amide bonds. The van der Waals surface area contributed by atoms with Crippen LogP contribution in [0, 0.1) is 6.92 Å². The first kappa shape index (κ1) is 16.8. The van der Waals surface area contributed by atoms with E-state index >= 15 is 0 Å². The summed E-state index contributed by atoms with van der Waals surface area (Å²) in [7, 11) is 1.92. The van der Waals surface area contributed by atoms with Crippen LogP contribution in [0.3, 0.4) is 0 Å². The quantitative estimate of drug-likeness (QED) is 0.806. The van der Waals surface area contributed by atoms with Gasteiger partial charge in [0.1, 0.15) is 5.76 Å². The van der Waals surface area contributed by atoms with Crippen LogP contribution in [0.25, 0.3) is 0 Å². The molecule has 1 saturated heterocycles. The van der Waals surface area contributed by atoms with Gasteiger partial charge < -0.3 is 20.1 Å². The maximum atomic E-state index is 12.1. The summed E-state index contributed by atoms with van der Waals surface area (Å²) in [6, 6.07) is 2.03. The Kier molecular flexibility index (Phi) is 6.26. The summed E-state index contributed by atoms with van der Waals surface area (Å²) in [6.45, 7) is 3.31. The zero-order chi connectivity index (χ0) is 15.9. The van der Waals surface area contributed by atoms with Crippen molar-refractivity contribution in [3.8, 4) is 0 Å². The Hall–Kier alpha value is -1.54. The standard InChI is InChI=1S/C14H22N4O3S/c1-10-6-12(17-21-10)16-13(19)8-22-9-14(20)18-5-3-4-11(7-18)15-2/h6,11,15H,3-5,7-9H2,1-2H3,(H,16,17,19). The predicted octanol–water partition coefficient (Wildman–Crippen LogP) is 0.865. The number of aromatic nitrogens is 1. The molecule has 122 valence electrons. The maximum Gasteiger partial charge on any atom is 0.235 e. The molecular formula is C14H22N4O3S. The van der Waals surface area contributed by atoms with E-state index in [9.17, 15) is 9.59 Å². The average molecular weight is 326 g/mol. The number of rotatable bonds is 6. The highest BCUT2D eigenvalue weighted by Crippen LogP contribution is 2.13. The highest BCUT2D eigenvalue weighted by Gasteiger charge is 2.22. The molecule has 1 unspecified atom stereocenters. The largest absolute Gasteiger partial charge is 0.360 e. The van der Waals surface area contributed by atoms with E-state index in [0.717, 1.165) is 25.9 Å². The average Bonchev–Trinajstić information content (AvgIpc) is 2.92. The number of likely N-dealkylation sites (N-methyl/N-ethyl adjacent to an activating group) is 1. The number of thioether (sulfide) groups is 1. The summed E-state index contributed by atoms with van der Waals surface area (Å²) in [5, 5.41) is 9.54. The third-order valence-corrected chi connectivity index (χ3v) is 4.45. The predicted molar refractivity (Wildman–Crippen MR) is 85.9 cm³/mol. The van der Waals surface area contributed by atoms with Crippen molar-refractivity contribution >= 4 is 29.4 Å². The van der Waals surface area contributed by atoms with Crippen molar-refractivity contribution < 1.29 is 14.1 Å². The molecule has 1 aromatic rings. The van der Waals surface area contributed by atoms with Gasteiger partial charge in [0.15, 0.2) is 5.82 Å². The molecule has 0 bridgehead atoms. The Balaban J connectivity index is 1.67. The molecule has 1 atom stereocenters. The molecule has 0 spiro atoms. The minimum Gasteiger partial charge on any atom is -0.360 e. The van der Waals surface area contributed by atoms with Gasteiger partial charge in [-0.1, -0.05) is 5.16 Å².